The van der Waals surface area contributed by atoms with E-state index in [9.17, 15) is 0 Å². The molecule has 0 amide bonds. The number of nitrogens with zero attached hydrogens (tertiary/aromatic N) is 6. The van der Waals surface area contributed by atoms with Gasteiger partial charge in [-0.1, -0.05) is 36.4 Å². The Morgan fingerprint density at radius 2 is 2.00 bits per heavy atom. The maximum absolute atomic E-state index is 8.22. The second-order valence-electron chi connectivity index (χ2n) is 2.77. The van der Waals surface area contributed by atoms with E-state index in [0.29, 0.717) is 0 Å². The van der Waals surface area contributed by atoms with Crippen molar-refractivity contribution < 1.29 is 0 Å². The highest BCUT2D eigenvalue weighted by Crippen LogP contribution is 2.07. The van der Waals surface area contributed by atoms with Crippen LogP contribution < -0.4 is 0 Å². The summed E-state index contributed by atoms with van der Waals surface area (Å²) < 4.78 is 0. The summed E-state index contributed by atoms with van der Waals surface area (Å²) in [6.45, 7) is 2.38. The minimum absolute atomic E-state index is 0.174. The van der Waals surface area contributed by atoms with Crippen molar-refractivity contribution in [3.8, 4) is 0 Å². The molecule has 0 heterocycles. The van der Waals surface area contributed by atoms with Gasteiger partial charge in [0.2, 0.25) is 0 Å². The molecular weight excluding hydrogens is 168 g/mol. The normalized spacial score (nSPS) is 11.2. The molecule has 0 spiro atoms. The molecule has 0 aliphatic heterocycles. The molecule has 72 valence electrons. The third-order valence-corrected chi connectivity index (χ3v) is 1.71. The lowest BCUT2D eigenvalue weighted by atomic mass is 10.1. The van der Waals surface area contributed by atoms with Crippen molar-refractivity contribution in [2.75, 3.05) is 6.54 Å². The smallest absolute Gasteiger partial charge is 0.0429 e. The highest BCUT2D eigenvalue weighted by atomic mass is 15.2. The molecule has 0 saturated heterocycles. The van der Waals surface area contributed by atoms with Gasteiger partial charge in [0.05, 0.1) is 0 Å². The molecule has 1 atom stereocenters. The van der Waals surface area contributed by atoms with Crippen LogP contribution in [0.25, 0.3) is 20.9 Å². The fourth-order valence-electron chi connectivity index (χ4n) is 1.02. The van der Waals surface area contributed by atoms with Crippen molar-refractivity contribution in [1.29, 1.82) is 0 Å². The van der Waals surface area contributed by atoms with E-state index in [1.165, 1.54) is 0 Å². The Morgan fingerprint density at radius 1 is 1.23 bits per heavy atom. The van der Waals surface area contributed by atoms with Crippen LogP contribution in [0.4, 0.5) is 0 Å². The lowest BCUT2D eigenvalue weighted by Gasteiger charge is -2.05. The summed E-state index contributed by atoms with van der Waals surface area (Å²) in [5.41, 5.74) is 16.3. The standard InChI is InChI=1S/C7H14N6/c1-2-3-4-5-7(11-13-9)6-10-12-8/h7H,2-6H2,1H3. The first-order valence-corrected chi connectivity index (χ1v) is 4.40. The fraction of sp³-hybridized carbons (Fsp3) is 1.00. The average Bonchev–Trinajstić information content (AvgIpc) is 2.14. The Morgan fingerprint density at radius 3 is 2.54 bits per heavy atom. The number of hydrogen-bond donors (Lipinski definition) is 0. The zero-order chi connectivity index (χ0) is 9.94. The number of unbranched alkanes of at least 4 members (excludes halogenated alkanes) is 2. The Bertz CT molecular complexity index is 213. The maximum atomic E-state index is 8.22. The van der Waals surface area contributed by atoms with E-state index in [1.807, 2.05) is 0 Å². The summed E-state index contributed by atoms with van der Waals surface area (Å²) >= 11 is 0. The Hall–Kier alpha value is -1.38. The van der Waals surface area contributed by atoms with Crippen LogP contribution in [0.1, 0.15) is 32.6 Å². The third-order valence-electron chi connectivity index (χ3n) is 1.71. The Kier molecular flexibility index (Phi) is 7.79. The van der Waals surface area contributed by atoms with Crippen molar-refractivity contribution >= 4 is 0 Å². The predicted octanol–water partition coefficient (Wildman–Crippen LogP) is 3.56. The molecular formula is C7H14N6. The molecule has 0 aliphatic rings. The van der Waals surface area contributed by atoms with Gasteiger partial charge in [-0.25, -0.2) is 0 Å². The summed E-state index contributed by atoms with van der Waals surface area (Å²) in [7, 11) is 0. The quantitative estimate of drug-likeness (QED) is 0.249. The fourth-order valence-corrected chi connectivity index (χ4v) is 1.02. The van der Waals surface area contributed by atoms with Crippen LogP contribution in [-0.2, 0) is 0 Å². The molecule has 0 N–H and O–H groups in total. The molecule has 0 aromatic carbocycles. The number of hydrogen-bond acceptors (Lipinski definition) is 2. The van der Waals surface area contributed by atoms with Gasteiger partial charge in [0.15, 0.2) is 0 Å². The van der Waals surface area contributed by atoms with Crippen LogP contribution in [0.3, 0.4) is 0 Å². The summed E-state index contributed by atoms with van der Waals surface area (Å²) in [6, 6.07) is -0.174. The molecule has 6 nitrogen and oxygen atoms in total. The molecule has 0 rings (SSSR count). The van der Waals surface area contributed by atoms with E-state index in [0.717, 1.165) is 25.7 Å². The van der Waals surface area contributed by atoms with Gasteiger partial charge in [0.1, 0.15) is 0 Å². The zero-order valence-electron chi connectivity index (χ0n) is 7.80. The predicted molar refractivity (Wildman–Crippen MR) is 51.1 cm³/mol. The lowest BCUT2D eigenvalue weighted by Crippen LogP contribution is -2.06. The second kappa shape index (κ2) is 8.71. The zero-order valence-corrected chi connectivity index (χ0v) is 7.80. The van der Waals surface area contributed by atoms with Crippen LogP contribution in [0.15, 0.2) is 10.2 Å². The van der Waals surface area contributed by atoms with Gasteiger partial charge in [0, 0.05) is 22.4 Å². The van der Waals surface area contributed by atoms with Crippen LogP contribution in [-0.4, -0.2) is 12.6 Å². The van der Waals surface area contributed by atoms with Crippen LogP contribution >= 0.6 is 0 Å². The minimum Gasteiger partial charge on any atom is -0.0936 e. The van der Waals surface area contributed by atoms with Crippen molar-refractivity contribution in [2.24, 2.45) is 10.2 Å². The second-order valence-corrected chi connectivity index (χ2v) is 2.77. The highest BCUT2D eigenvalue weighted by Gasteiger charge is 2.03. The van der Waals surface area contributed by atoms with E-state index in [2.05, 4.69) is 27.0 Å². The molecule has 0 aliphatic carbocycles. The first kappa shape index (κ1) is 11.6. The SMILES string of the molecule is CCCCCC(CN=[N+]=[N-])N=[N+]=[N-]. The summed E-state index contributed by atoms with van der Waals surface area (Å²) in [5, 5.41) is 6.93. The van der Waals surface area contributed by atoms with E-state index >= 15 is 0 Å². The molecule has 13 heavy (non-hydrogen) atoms. The van der Waals surface area contributed by atoms with Gasteiger partial charge in [-0.05, 0) is 17.5 Å². The first-order valence-electron chi connectivity index (χ1n) is 4.40. The molecule has 6 heteroatoms. The topological polar surface area (TPSA) is 97.5 Å². The van der Waals surface area contributed by atoms with E-state index in [4.69, 9.17) is 11.1 Å². The van der Waals surface area contributed by atoms with E-state index in [1.54, 1.807) is 0 Å². The largest absolute Gasteiger partial charge is 0.0936 e. The third kappa shape index (κ3) is 7.00. The van der Waals surface area contributed by atoms with Gasteiger partial charge < -0.3 is 0 Å². The maximum Gasteiger partial charge on any atom is 0.0429 e. The summed E-state index contributed by atoms with van der Waals surface area (Å²) in [6.07, 6.45) is 4.07. The molecule has 0 aromatic rings. The molecule has 0 radical (unpaired) electrons. The minimum atomic E-state index is -0.174. The number of azide groups is 2. The highest BCUT2D eigenvalue weighted by molar-refractivity contribution is 4.70. The van der Waals surface area contributed by atoms with Crippen LogP contribution in [0.5, 0.6) is 0 Å². The van der Waals surface area contributed by atoms with Gasteiger partial charge in [-0.2, -0.15) is 0 Å². The monoisotopic (exact) mass is 182 g/mol. The van der Waals surface area contributed by atoms with Crippen molar-refractivity contribution in [3.63, 3.8) is 0 Å². The number of rotatable bonds is 7. The summed E-state index contributed by atoms with van der Waals surface area (Å²) in [4.78, 5) is 5.34. The Labute approximate surface area is 77.2 Å². The van der Waals surface area contributed by atoms with Crippen LogP contribution in [0.2, 0.25) is 0 Å². The van der Waals surface area contributed by atoms with Gasteiger partial charge >= 0.3 is 0 Å². The average molecular weight is 182 g/mol. The van der Waals surface area contributed by atoms with Crippen molar-refractivity contribution in [3.05, 3.63) is 20.9 Å². The molecule has 1 unspecified atom stereocenters. The van der Waals surface area contributed by atoms with E-state index in [-0.39, 0.29) is 12.6 Å². The molecule has 0 saturated carbocycles. The van der Waals surface area contributed by atoms with Gasteiger partial charge in [-0.15, -0.1) is 0 Å². The molecule has 0 bridgehead atoms. The van der Waals surface area contributed by atoms with Gasteiger partial charge in [0.25, 0.3) is 0 Å². The molecule has 0 aromatic heterocycles. The van der Waals surface area contributed by atoms with Crippen molar-refractivity contribution in [1.82, 2.24) is 0 Å². The first-order chi connectivity index (χ1) is 6.35. The Balaban J connectivity index is 3.79. The van der Waals surface area contributed by atoms with Crippen LogP contribution in [0, 0.1) is 0 Å². The van der Waals surface area contributed by atoms with Crippen molar-refractivity contribution in [2.45, 2.75) is 38.6 Å². The molecule has 0 fully saturated rings. The summed E-state index contributed by atoms with van der Waals surface area (Å²) in [5.74, 6) is 0. The van der Waals surface area contributed by atoms with E-state index < -0.39 is 0 Å². The lowest BCUT2D eigenvalue weighted by molar-refractivity contribution is 0.563. The van der Waals surface area contributed by atoms with Gasteiger partial charge in [-0.3, -0.25) is 0 Å².